The van der Waals surface area contributed by atoms with Crippen LogP contribution in [0.25, 0.3) is 21.5 Å². The molecular weight excluding hydrogens is 508 g/mol. The molecule has 5 rings (SSSR count). The van der Waals surface area contributed by atoms with Crippen LogP contribution in [0.3, 0.4) is 0 Å². The first-order valence-electron chi connectivity index (χ1n) is 10.6. The fourth-order valence-electron chi connectivity index (χ4n) is 3.82. The van der Waals surface area contributed by atoms with E-state index < -0.39 is 38.6 Å². The summed E-state index contributed by atoms with van der Waals surface area (Å²) in [4.78, 5) is 33.7. The van der Waals surface area contributed by atoms with Gasteiger partial charge in [0.05, 0.1) is 12.1 Å². The second-order valence-electron chi connectivity index (χ2n) is 8.01. The molecule has 0 saturated carbocycles. The van der Waals surface area contributed by atoms with E-state index in [4.69, 9.17) is 0 Å². The molecule has 1 aromatic carbocycles. The average molecular weight is 526 g/mol. The van der Waals surface area contributed by atoms with Crippen molar-refractivity contribution < 1.29 is 22.0 Å². The SMILES string of the molecule is O=C(CS(=O)(=O)c1ccc(-c2c[nH]c3ncccc23)s1)c1cccn(Cc2ccc(F)c(F)c2)c1=O. The normalized spacial score (nSPS) is 11.7. The molecule has 0 unspecified atom stereocenters. The minimum Gasteiger partial charge on any atom is -0.345 e. The second kappa shape index (κ2) is 9.25. The van der Waals surface area contributed by atoms with Crippen LogP contribution in [0.1, 0.15) is 15.9 Å². The maximum absolute atomic E-state index is 13.5. The van der Waals surface area contributed by atoms with Gasteiger partial charge in [0, 0.05) is 34.4 Å². The number of H-pyrrole nitrogens is 1. The van der Waals surface area contributed by atoms with Gasteiger partial charge in [-0.3, -0.25) is 9.59 Å². The van der Waals surface area contributed by atoms with Crippen LogP contribution in [0.2, 0.25) is 0 Å². The molecule has 0 spiro atoms. The Bertz CT molecular complexity index is 1790. The highest BCUT2D eigenvalue weighted by molar-refractivity contribution is 7.94. The zero-order valence-electron chi connectivity index (χ0n) is 18.4. The van der Waals surface area contributed by atoms with Crippen molar-refractivity contribution in [2.45, 2.75) is 10.8 Å². The fraction of sp³-hybridized carbons (Fsp3) is 0.0800. The summed E-state index contributed by atoms with van der Waals surface area (Å²) in [6.07, 6.45) is 4.77. The van der Waals surface area contributed by atoms with Crippen molar-refractivity contribution in [2.75, 3.05) is 5.75 Å². The molecule has 182 valence electrons. The van der Waals surface area contributed by atoms with Crippen molar-refractivity contribution in [2.24, 2.45) is 0 Å². The summed E-state index contributed by atoms with van der Waals surface area (Å²) in [5.74, 6) is -3.81. The van der Waals surface area contributed by atoms with Crippen LogP contribution < -0.4 is 5.56 Å². The van der Waals surface area contributed by atoms with Crippen LogP contribution in [0.4, 0.5) is 8.78 Å². The Kier molecular flexibility index (Phi) is 6.10. The first-order valence-corrected chi connectivity index (χ1v) is 13.1. The highest BCUT2D eigenvalue weighted by atomic mass is 32.2. The van der Waals surface area contributed by atoms with Gasteiger partial charge in [0.1, 0.15) is 15.6 Å². The summed E-state index contributed by atoms with van der Waals surface area (Å²) in [6, 6.07) is 12.6. The molecule has 0 bridgehead atoms. The fourth-order valence-corrected chi connectivity index (χ4v) is 6.46. The molecule has 0 radical (unpaired) electrons. The average Bonchev–Trinajstić information content (AvgIpc) is 3.50. The minimum absolute atomic E-state index is 0.00198. The van der Waals surface area contributed by atoms with Gasteiger partial charge in [-0.1, -0.05) is 6.07 Å². The van der Waals surface area contributed by atoms with Crippen LogP contribution in [-0.2, 0) is 16.4 Å². The molecule has 0 amide bonds. The topological polar surface area (TPSA) is 102 Å². The Hall–Kier alpha value is -3.96. The number of Topliss-reactive ketones (excluding diaryl/α,β-unsaturated/α-hetero) is 1. The van der Waals surface area contributed by atoms with Gasteiger partial charge in [0.15, 0.2) is 27.3 Å². The molecule has 36 heavy (non-hydrogen) atoms. The number of rotatable bonds is 7. The van der Waals surface area contributed by atoms with Gasteiger partial charge in [-0.05, 0) is 54.1 Å². The summed E-state index contributed by atoms with van der Waals surface area (Å²) < 4.78 is 53.9. The molecule has 5 aromatic rings. The summed E-state index contributed by atoms with van der Waals surface area (Å²) in [6.45, 7) is -0.113. The Morgan fingerprint density at radius 3 is 2.69 bits per heavy atom. The number of hydrogen-bond donors (Lipinski definition) is 1. The number of aromatic nitrogens is 3. The highest BCUT2D eigenvalue weighted by Crippen LogP contribution is 2.35. The van der Waals surface area contributed by atoms with E-state index in [2.05, 4.69) is 9.97 Å². The lowest BCUT2D eigenvalue weighted by molar-refractivity contribution is 0.101. The Morgan fingerprint density at radius 2 is 1.89 bits per heavy atom. The third-order valence-electron chi connectivity index (χ3n) is 5.58. The number of halogens is 2. The molecule has 1 N–H and O–H groups in total. The number of carbonyl (C=O) groups is 1. The maximum atomic E-state index is 13.5. The number of pyridine rings is 2. The lowest BCUT2D eigenvalue weighted by Gasteiger charge is -2.08. The first-order chi connectivity index (χ1) is 17.2. The Morgan fingerprint density at radius 1 is 1.06 bits per heavy atom. The van der Waals surface area contributed by atoms with E-state index in [-0.39, 0.29) is 16.3 Å². The summed E-state index contributed by atoms with van der Waals surface area (Å²) >= 11 is 1.02. The second-order valence-corrected chi connectivity index (χ2v) is 11.3. The Balaban J connectivity index is 1.38. The molecule has 0 aliphatic carbocycles. The van der Waals surface area contributed by atoms with Crippen molar-refractivity contribution in [1.82, 2.24) is 14.5 Å². The monoisotopic (exact) mass is 525 g/mol. The number of sulfone groups is 1. The number of ketones is 1. The Labute approximate surface area is 207 Å². The summed E-state index contributed by atoms with van der Waals surface area (Å²) in [7, 11) is -4.03. The third kappa shape index (κ3) is 4.50. The predicted molar refractivity (Wildman–Crippen MR) is 132 cm³/mol. The number of aromatic amines is 1. The molecule has 0 aliphatic heterocycles. The van der Waals surface area contributed by atoms with E-state index in [0.29, 0.717) is 16.1 Å². The molecule has 4 aromatic heterocycles. The molecule has 7 nitrogen and oxygen atoms in total. The van der Waals surface area contributed by atoms with Gasteiger partial charge < -0.3 is 9.55 Å². The number of carbonyl (C=O) groups excluding carboxylic acids is 1. The minimum atomic E-state index is -4.03. The zero-order valence-corrected chi connectivity index (χ0v) is 20.1. The van der Waals surface area contributed by atoms with Crippen LogP contribution in [-0.4, -0.2) is 34.5 Å². The van der Waals surface area contributed by atoms with Gasteiger partial charge in [0.25, 0.3) is 5.56 Å². The number of benzene rings is 1. The van der Waals surface area contributed by atoms with E-state index in [9.17, 15) is 26.8 Å². The quantitative estimate of drug-likeness (QED) is 0.317. The van der Waals surface area contributed by atoms with Crippen LogP contribution in [0.15, 0.2) is 82.2 Å². The summed E-state index contributed by atoms with van der Waals surface area (Å²) in [5.41, 5.74) is 0.749. The molecule has 0 atom stereocenters. The zero-order chi connectivity index (χ0) is 25.4. The van der Waals surface area contributed by atoms with Crippen molar-refractivity contribution in [3.05, 3.63) is 106 Å². The molecule has 0 saturated heterocycles. The molecule has 11 heteroatoms. The lowest BCUT2D eigenvalue weighted by atomic mass is 10.2. The van der Waals surface area contributed by atoms with E-state index in [0.717, 1.165) is 39.0 Å². The highest BCUT2D eigenvalue weighted by Gasteiger charge is 2.25. The lowest BCUT2D eigenvalue weighted by Crippen LogP contribution is -2.29. The van der Waals surface area contributed by atoms with E-state index in [1.807, 2.05) is 6.07 Å². The number of nitrogens with zero attached hydrogens (tertiary/aromatic N) is 2. The largest absolute Gasteiger partial charge is 0.345 e. The van der Waals surface area contributed by atoms with Crippen LogP contribution in [0.5, 0.6) is 0 Å². The van der Waals surface area contributed by atoms with E-state index in [1.165, 1.54) is 30.5 Å². The van der Waals surface area contributed by atoms with E-state index >= 15 is 0 Å². The predicted octanol–water partition coefficient (Wildman–Crippen LogP) is 4.44. The van der Waals surface area contributed by atoms with Crippen molar-refractivity contribution in [1.29, 1.82) is 0 Å². The number of fused-ring (bicyclic) bond motifs is 1. The number of nitrogens with one attached hydrogen (secondary N) is 1. The van der Waals surface area contributed by atoms with Crippen molar-refractivity contribution >= 4 is 38.0 Å². The molecule has 0 aliphatic rings. The molecule has 0 fully saturated rings. The maximum Gasteiger partial charge on any atom is 0.261 e. The van der Waals surface area contributed by atoms with Crippen LogP contribution >= 0.6 is 11.3 Å². The molecule has 4 heterocycles. The van der Waals surface area contributed by atoms with E-state index in [1.54, 1.807) is 24.5 Å². The van der Waals surface area contributed by atoms with Gasteiger partial charge in [-0.25, -0.2) is 22.2 Å². The number of thiophene rings is 1. The van der Waals surface area contributed by atoms with Crippen LogP contribution in [0, 0.1) is 11.6 Å². The number of hydrogen-bond acceptors (Lipinski definition) is 6. The smallest absolute Gasteiger partial charge is 0.261 e. The van der Waals surface area contributed by atoms with Gasteiger partial charge in [-0.15, -0.1) is 11.3 Å². The third-order valence-corrected chi connectivity index (χ3v) is 8.90. The van der Waals surface area contributed by atoms with Gasteiger partial charge in [-0.2, -0.15) is 0 Å². The van der Waals surface area contributed by atoms with Crippen molar-refractivity contribution in [3.63, 3.8) is 0 Å². The molecular formula is C25H17F2N3O4S2. The van der Waals surface area contributed by atoms with Gasteiger partial charge in [0.2, 0.25) is 0 Å². The first kappa shape index (κ1) is 23.8. The summed E-state index contributed by atoms with van der Waals surface area (Å²) in [5, 5.41) is 0.838. The standard InChI is InChI=1S/C25H17F2N3O4S2/c26-19-6-5-15(11-20(19)27)13-30-10-2-4-17(25(30)32)21(31)14-36(33,34)23-8-7-22(35-23)18-12-29-24-16(18)3-1-9-28-24/h1-12H,13-14H2,(H,28,29). The van der Waals surface area contributed by atoms with Crippen molar-refractivity contribution in [3.8, 4) is 10.4 Å². The van der Waals surface area contributed by atoms with Gasteiger partial charge >= 0.3 is 0 Å².